The van der Waals surface area contributed by atoms with Gasteiger partial charge in [0.05, 0.1) is 10.5 Å². The van der Waals surface area contributed by atoms with E-state index in [0.717, 1.165) is 31.6 Å². The molecule has 1 aromatic rings. The molecule has 1 amide bonds. The number of nitrogens with one attached hydrogen (secondary N) is 1. The molecule has 2 aliphatic carbocycles. The van der Waals surface area contributed by atoms with Gasteiger partial charge in [0, 0.05) is 17.9 Å². The van der Waals surface area contributed by atoms with Gasteiger partial charge in [0.25, 0.3) is 0 Å². The van der Waals surface area contributed by atoms with Gasteiger partial charge in [0.2, 0.25) is 5.91 Å². The zero-order chi connectivity index (χ0) is 15.4. The van der Waals surface area contributed by atoms with Gasteiger partial charge in [-0.25, -0.2) is 13.2 Å². The highest BCUT2D eigenvalue weighted by atomic mass is 32.2. The van der Waals surface area contributed by atoms with Crippen LogP contribution in [0, 0.1) is 11.3 Å². The van der Waals surface area contributed by atoms with Crippen molar-refractivity contribution in [2.24, 2.45) is 11.3 Å². The van der Waals surface area contributed by atoms with Crippen LogP contribution in [0.25, 0.3) is 0 Å². The Bertz CT molecular complexity index is 749. The molecule has 1 unspecified atom stereocenters. The first-order valence-corrected chi connectivity index (χ1v) is 8.50. The van der Waals surface area contributed by atoms with E-state index in [0.29, 0.717) is 0 Å². The van der Waals surface area contributed by atoms with Crippen LogP contribution < -0.4 is 5.32 Å². The maximum absolute atomic E-state index is 12.1. The van der Waals surface area contributed by atoms with Gasteiger partial charge >= 0.3 is 5.97 Å². The molecule has 0 radical (unpaired) electrons. The summed E-state index contributed by atoms with van der Waals surface area (Å²) in [6.07, 6.45) is 4.00. The van der Waals surface area contributed by atoms with E-state index in [1.807, 2.05) is 0 Å². The summed E-state index contributed by atoms with van der Waals surface area (Å²) in [4.78, 5) is 23.0. The van der Waals surface area contributed by atoms with Gasteiger partial charge in [-0.05, 0) is 42.9 Å². The van der Waals surface area contributed by atoms with E-state index < -0.39 is 15.8 Å². The molecule has 0 aromatic heterocycles. The number of rotatable bonds is 4. The van der Waals surface area contributed by atoms with Crippen molar-refractivity contribution in [3.8, 4) is 0 Å². The molecule has 6 nitrogen and oxygen atoms in total. The monoisotopic (exact) mass is 309 g/mol. The van der Waals surface area contributed by atoms with Crippen molar-refractivity contribution in [1.29, 1.82) is 0 Å². The van der Waals surface area contributed by atoms with E-state index in [2.05, 4.69) is 5.32 Å². The van der Waals surface area contributed by atoms with Gasteiger partial charge < -0.3 is 10.4 Å². The predicted molar refractivity (Wildman–Crippen MR) is 74.9 cm³/mol. The normalized spacial score (nSPS) is 21.9. The maximum atomic E-state index is 12.1. The van der Waals surface area contributed by atoms with Crippen molar-refractivity contribution in [1.82, 2.24) is 0 Å². The zero-order valence-corrected chi connectivity index (χ0v) is 12.2. The Balaban J connectivity index is 1.88. The van der Waals surface area contributed by atoms with Crippen molar-refractivity contribution in [3.63, 3.8) is 0 Å². The van der Waals surface area contributed by atoms with Gasteiger partial charge in [-0.1, -0.05) is 0 Å². The lowest BCUT2D eigenvalue weighted by atomic mass is 10.2. The largest absolute Gasteiger partial charge is 0.478 e. The summed E-state index contributed by atoms with van der Waals surface area (Å²) >= 11 is 0. The second-order valence-electron chi connectivity index (χ2n) is 5.93. The molecule has 2 saturated carbocycles. The van der Waals surface area contributed by atoms with Crippen LogP contribution in [0.1, 0.15) is 29.6 Å². The third-order valence-electron chi connectivity index (χ3n) is 4.25. The minimum Gasteiger partial charge on any atom is -0.478 e. The average Bonchev–Trinajstić information content (AvgIpc) is 3.28. The molecule has 21 heavy (non-hydrogen) atoms. The molecule has 0 aliphatic heterocycles. The van der Waals surface area contributed by atoms with Crippen molar-refractivity contribution < 1.29 is 23.1 Å². The Morgan fingerprint density at radius 3 is 2.43 bits per heavy atom. The summed E-state index contributed by atoms with van der Waals surface area (Å²) in [6.45, 7) is 0. The number of amides is 1. The summed E-state index contributed by atoms with van der Waals surface area (Å²) in [5.41, 5.74) is 0.238. The minimum absolute atomic E-state index is 0.0207. The second-order valence-corrected chi connectivity index (χ2v) is 7.95. The molecular weight excluding hydrogens is 294 g/mol. The standard InChI is InChI=1S/C14H15NO5S/c1-21(19,20)10-5-8(13(17)18)4-9(6-10)15-12(16)11-7-14(11)2-3-14/h4-6,11H,2-3,7H2,1H3,(H,15,16)(H,17,18). The Morgan fingerprint density at radius 2 is 1.95 bits per heavy atom. The fraction of sp³-hybridized carbons (Fsp3) is 0.429. The highest BCUT2D eigenvalue weighted by Gasteiger charge is 2.65. The SMILES string of the molecule is CS(=O)(=O)c1cc(NC(=O)C2CC23CC3)cc(C(=O)O)c1. The van der Waals surface area contributed by atoms with E-state index in [9.17, 15) is 18.0 Å². The summed E-state index contributed by atoms with van der Waals surface area (Å²) in [5.74, 6) is -1.41. The number of carboxylic acid groups (broad SMARTS) is 1. The van der Waals surface area contributed by atoms with Gasteiger partial charge in [-0.15, -0.1) is 0 Å². The Labute approximate surface area is 122 Å². The molecule has 2 N–H and O–H groups in total. The fourth-order valence-corrected chi connectivity index (χ4v) is 3.35. The zero-order valence-electron chi connectivity index (χ0n) is 11.4. The summed E-state index contributed by atoms with van der Waals surface area (Å²) in [7, 11) is -3.55. The molecular formula is C14H15NO5S. The number of carbonyl (C=O) groups excluding carboxylic acids is 1. The third-order valence-corrected chi connectivity index (χ3v) is 5.34. The van der Waals surface area contributed by atoms with Crippen LogP contribution >= 0.6 is 0 Å². The number of hydrogen-bond acceptors (Lipinski definition) is 4. The lowest BCUT2D eigenvalue weighted by molar-refractivity contribution is -0.117. The quantitative estimate of drug-likeness (QED) is 0.878. The first-order chi connectivity index (χ1) is 9.71. The Morgan fingerprint density at radius 1 is 1.29 bits per heavy atom. The van der Waals surface area contributed by atoms with E-state index >= 15 is 0 Å². The molecule has 3 rings (SSSR count). The maximum Gasteiger partial charge on any atom is 0.335 e. The van der Waals surface area contributed by atoms with E-state index in [1.165, 1.54) is 12.1 Å². The number of benzene rings is 1. The average molecular weight is 309 g/mol. The second kappa shape index (κ2) is 4.30. The number of sulfone groups is 1. The van der Waals surface area contributed by atoms with Crippen LogP contribution in [-0.4, -0.2) is 31.7 Å². The molecule has 1 aromatic carbocycles. The highest BCUT2D eigenvalue weighted by molar-refractivity contribution is 7.90. The Kier molecular flexibility index (Phi) is 2.88. The van der Waals surface area contributed by atoms with Crippen LogP contribution in [0.2, 0.25) is 0 Å². The lowest BCUT2D eigenvalue weighted by Crippen LogP contribution is -2.16. The van der Waals surface area contributed by atoms with Crippen LogP contribution in [0.15, 0.2) is 23.1 Å². The smallest absolute Gasteiger partial charge is 0.335 e. The molecule has 2 aliphatic rings. The van der Waals surface area contributed by atoms with Crippen molar-refractivity contribution >= 4 is 27.4 Å². The molecule has 2 fully saturated rings. The molecule has 7 heteroatoms. The van der Waals surface area contributed by atoms with Crippen LogP contribution in [-0.2, 0) is 14.6 Å². The van der Waals surface area contributed by atoms with Crippen LogP contribution in [0.3, 0.4) is 0 Å². The van der Waals surface area contributed by atoms with Crippen molar-refractivity contribution in [2.45, 2.75) is 24.2 Å². The minimum atomic E-state index is -3.55. The van der Waals surface area contributed by atoms with Gasteiger partial charge in [-0.2, -0.15) is 0 Å². The molecule has 1 spiro atoms. The summed E-state index contributed by atoms with van der Waals surface area (Å²) in [6, 6.07) is 3.66. The lowest BCUT2D eigenvalue weighted by Gasteiger charge is -2.08. The summed E-state index contributed by atoms with van der Waals surface area (Å²) < 4.78 is 23.2. The topological polar surface area (TPSA) is 101 Å². The molecule has 112 valence electrons. The first kappa shape index (κ1) is 14.1. The molecule has 0 heterocycles. The number of carboxylic acids is 1. The number of aromatic carboxylic acids is 1. The van der Waals surface area contributed by atoms with E-state index in [1.54, 1.807) is 0 Å². The molecule has 0 saturated heterocycles. The number of anilines is 1. The van der Waals surface area contributed by atoms with E-state index in [-0.39, 0.29) is 33.4 Å². The highest BCUT2D eigenvalue weighted by Crippen LogP contribution is 2.70. The first-order valence-electron chi connectivity index (χ1n) is 6.61. The van der Waals surface area contributed by atoms with Crippen molar-refractivity contribution in [3.05, 3.63) is 23.8 Å². The molecule has 1 atom stereocenters. The number of carbonyl (C=O) groups is 2. The molecule has 0 bridgehead atoms. The van der Waals surface area contributed by atoms with Gasteiger partial charge in [0.1, 0.15) is 0 Å². The Hall–Kier alpha value is -1.89. The predicted octanol–water partition coefficient (Wildman–Crippen LogP) is 1.53. The van der Waals surface area contributed by atoms with Crippen LogP contribution in [0.4, 0.5) is 5.69 Å². The third kappa shape index (κ3) is 2.65. The van der Waals surface area contributed by atoms with Gasteiger partial charge in [0.15, 0.2) is 9.84 Å². The van der Waals surface area contributed by atoms with Crippen LogP contribution in [0.5, 0.6) is 0 Å². The van der Waals surface area contributed by atoms with E-state index in [4.69, 9.17) is 5.11 Å². The summed E-state index contributed by atoms with van der Waals surface area (Å²) in [5, 5.41) is 11.7. The van der Waals surface area contributed by atoms with Crippen molar-refractivity contribution in [2.75, 3.05) is 11.6 Å². The van der Waals surface area contributed by atoms with Gasteiger partial charge in [-0.3, -0.25) is 4.79 Å². The fourth-order valence-electron chi connectivity index (χ4n) is 2.67. The number of hydrogen-bond donors (Lipinski definition) is 2.